The van der Waals surface area contributed by atoms with Gasteiger partial charge in [0, 0.05) is 27.9 Å². The van der Waals surface area contributed by atoms with Gasteiger partial charge >= 0.3 is 0 Å². The highest BCUT2D eigenvalue weighted by atomic mass is 79.9. The van der Waals surface area contributed by atoms with Gasteiger partial charge in [0.05, 0.1) is 11.4 Å². The second-order valence-electron chi connectivity index (χ2n) is 7.10. The van der Waals surface area contributed by atoms with Crippen LogP contribution in [0.25, 0.3) is 11.3 Å². The molecule has 0 saturated heterocycles. The Morgan fingerprint density at radius 1 is 1.30 bits per heavy atom. The molecule has 1 saturated carbocycles. The third-order valence-corrected chi connectivity index (χ3v) is 7.25. The Morgan fingerprint density at radius 3 is 2.80 bits per heavy atom. The third-order valence-electron chi connectivity index (χ3n) is 5.00. The minimum atomic E-state index is -0.104. The number of rotatable bonds is 8. The largest absolute Gasteiger partial charge is 0.302 e. The van der Waals surface area contributed by atoms with E-state index in [1.807, 2.05) is 35.7 Å². The van der Waals surface area contributed by atoms with Crippen molar-refractivity contribution in [3.63, 3.8) is 0 Å². The van der Waals surface area contributed by atoms with Gasteiger partial charge in [-0.15, -0.1) is 28.1 Å². The monoisotopic (exact) mass is 503 g/mol. The van der Waals surface area contributed by atoms with Gasteiger partial charge in [-0.1, -0.05) is 58.7 Å². The molecule has 0 aliphatic heterocycles. The molecule has 1 aliphatic carbocycles. The van der Waals surface area contributed by atoms with Gasteiger partial charge < -0.3 is 9.88 Å². The van der Waals surface area contributed by atoms with Crippen LogP contribution in [-0.4, -0.2) is 31.4 Å². The Hall–Kier alpha value is -1.97. The van der Waals surface area contributed by atoms with Crippen molar-refractivity contribution in [2.45, 2.75) is 43.3 Å². The molecule has 0 bridgehead atoms. The number of carbonyl (C=O) groups excluding carboxylic acids is 1. The first kappa shape index (κ1) is 21.3. The van der Waals surface area contributed by atoms with E-state index < -0.39 is 0 Å². The molecule has 156 valence electrons. The van der Waals surface area contributed by atoms with Crippen molar-refractivity contribution in [1.82, 2.24) is 19.7 Å². The highest BCUT2D eigenvalue weighted by molar-refractivity contribution is 9.10. The Bertz CT molecular complexity index is 1020. The zero-order valence-electron chi connectivity index (χ0n) is 16.4. The van der Waals surface area contributed by atoms with Crippen molar-refractivity contribution < 1.29 is 4.79 Å². The van der Waals surface area contributed by atoms with Gasteiger partial charge in [-0.25, -0.2) is 4.98 Å². The molecule has 2 aromatic heterocycles. The predicted octanol–water partition coefficient (Wildman–Crippen LogP) is 5.74. The molecule has 1 aliphatic rings. The second kappa shape index (κ2) is 9.89. The molecule has 30 heavy (non-hydrogen) atoms. The lowest BCUT2D eigenvalue weighted by atomic mass is 10.1. The zero-order chi connectivity index (χ0) is 20.9. The SMILES string of the molecule is C=CCn1c(SCC(=O)Nc2nc(-c3ccc(Br)cc3)cs2)nnc1C1CCCC1. The first-order chi connectivity index (χ1) is 14.6. The van der Waals surface area contributed by atoms with Crippen LogP contribution in [0.5, 0.6) is 0 Å². The minimum absolute atomic E-state index is 0.104. The predicted molar refractivity (Wildman–Crippen MR) is 126 cm³/mol. The van der Waals surface area contributed by atoms with E-state index in [-0.39, 0.29) is 11.7 Å². The summed E-state index contributed by atoms with van der Waals surface area (Å²) in [6.07, 6.45) is 6.65. The van der Waals surface area contributed by atoms with Crippen molar-refractivity contribution in [3.8, 4) is 11.3 Å². The standard InChI is InChI=1S/C21H22BrN5OS2/c1-2-11-27-19(15-5-3-4-6-15)25-26-21(27)30-13-18(28)24-20-23-17(12-29-20)14-7-9-16(22)10-8-14/h2,7-10,12,15H,1,3-6,11,13H2,(H,23,24,28). The average Bonchev–Trinajstić information content (AvgIpc) is 3.48. The summed E-state index contributed by atoms with van der Waals surface area (Å²) in [5, 5.41) is 15.0. The molecule has 1 N–H and O–H groups in total. The molecule has 2 heterocycles. The number of halogens is 1. The Balaban J connectivity index is 1.37. The van der Waals surface area contributed by atoms with Crippen LogP contribution in [0.2, 0.25) is 0 Å². The molecule has 0 spiro atoms. The van der Waals surface area contributed by atoms with Crippen molar-refractivity contribution in [3.05, 3.63) is 52.6 Å². The van der Waals surface area contributed by atoms with Gasteiger partial charge in [-0.2, -0.15) is 0 Å². The molecule has 1 aromatic carbocycles. The summed E-state index contributed by atoms with van der Waals surface area (Å²) in [7, 11) is 0. The number of hydrogen-bond donors (Lipinski definition) is 1. The summed E-state index contributed by atoms with van der Waals surface area (Å²) in [4.78, 5) is 17.0. The summed E-state index contributed by atoms with van der Waals surface area (Å²) >= 11 is 6.25. The van der Waals surface area contributed by atoms with Crippen molar-refractivity contribution in [2.75, 3.05) is 11.1 Å². The summed E-state index contributed by atoms with van der Waals surface area (Å²) in [6, 6.07) is 7.94. The Morgan fingerprint density at radius 2 is 2.07 bits per heavy atom. The summed E-state index contributed by atoms with van der Waals surface area (Å²) in [5.41, 5.74) is 1.86. The van der Waals surface area contributed by atoms with Gasteiger partial charge in [0.2, 0.25) is 5.91 Å². The van der Waals surface area contributed by atoms with Gasteiger partial charge in [0.1, 0.15) is 5.82 Å². The quantitative estimate of drug-likeness (QED) is 0.313. The van der Waals surface area contributed by atoms with Crippen LogP contribution in [0.3, 0.4) is 0 Å². The van der Waals surface area contributed by atoms with Gasteiger partial charge in [0.25, 0.3) is 0 Å². The molecule has 0 unspecified atom stereocenters. The number of hydrogen-bond acceptors (Lipinski definition) is 6. The van der Waals surface area contributed by atoms with E-state index in [2.05, 4.69) is 47.6 Å². The summed E-state index contributed by atoms with van der Waals surface area (Å²) in [6.45, 7) is 4.51. The highest BCUT2D eigenvalue weighted by Crippen LogP contribution is 2.34. The Labute approximate surface area is 192 Å². The van der Waals surface area contributed by atoms with Crippen LogP contribution in [0.1, 0.15) is 37.4 Å². The molecule has 9 heteroatoms. The molecule has 3 aromatic rings. The molecule has 0 atom stereocenters. The van der Waals surface area contributed by atoms with E-state index in [4.69, 9.17) is 0 Å². The van der Waals surface area contributed by atoms with E-state index in [0.717, 1.165) is 39.6 Å². The van der Waals surface area contributed by atoms with Crippen LogP contribution in [0.4, 0.5) is 5.13 Å². The Kier molecular flexibility index (Phi) is 7.01. The molecular weight excluding hydrogens is 482 g/mol. The van der Waals surface area contributed by atoms with Gasteiger partial charge in [-0.3, -0.25) is 4.79 Å². The first-order valence-corrected chi connectivity index (χ1v) is 12.5. The molecule has 4 rings (SSSR count). The fourth-order valence-electron chi connectivity index (χ4n) is 3.56. The fraction of sp³-hybridized carbons (Fsp3) is 0.333. The maximum Gasteiger partial charge on any atom is 0.236 e. The molecule has 0 radical (unpaired) electrons. The lowest BCUT2D eigenvalue weighted by Gasteiger charge is -2.11. The van der Waals surface area contributed by atoms with Crippen LogP contribution < -0.4 is 5.32 Å². The lowest BCUT2D eigenvalue weighted by molar-refractivity contribution is -0.113. The highest BCUT2D eigenvalue weighted by Gasteiger charge is 2.24. The number of thioether (sulfide) groups is 1. The minimum Gasteiger partial charge on any atom is -0.302 e. The zero-order valence-corrected chi connectivity index (χ0v) is 19.6. The second-order valence-corrected chi connectivity index (χ2v) is 9.82. The molecular formula is C21H22BrN5OS2. The van der Waals surface area contributed by atoms with E-state index in [0.29, 0.717) is 17.6 Å². The number of allylic oxidation sites excluding steroid dienone is 1. The maximum absolute atomic E-state index is 12.5. The van der Waals surface area contributed by atoms with Gasteiger partial charge in [0.15, 0.2) is 10.3 Å². The fourth-order valence-corrected chi connectivity index (χ4v) is 5.32. The number of aromatic nitrogens is 4. The molecule has 6 nitrogen and oxygen atoms in total. The van der Waals surface area contributed by atoms with E-state index in [1.165, 1.54) is 35.9 Å². The maximum atomic E-state index is 12.5. The van der Waals surface area contributed by atoms with Crippen molar-refractivity contribution in [1.29, 1.82) is 0 Å². The van der Waals surface area contributed by atoms with Crippen LogP contribution >= 0.6 is 39.0 Å². The molecule has 1 fully saturated rings. The smallest absolute Gasteiger partial charge is 0.236 e. The van der Waals surface area contributed by atoms with Crippen LogP contribution in [0, 0.1) is 0 Å². The van der Waals surface area contributed by atoms with Crippen molar-refractivity contribution in [2.24, 2.45) is 0 Å². The number of thiazole rings is 1. The number of benzene rings is 1. The number of anilines is 1. The lowest BCUT2D eigenvalue weighted by Crippen LogP contribution is -2.15. The number of nitrogens with one attached hydrogen (secondary N) is 1. The van der Waals surface area contributed by atoms with Crippen molar-refractivity contribution >= 4 is 50.1 Å². The topological polar surface area (TPSA) is 72.7 Å². The summed E-state index contributed by atoms with van der Waals surface area (Å²) < 4.78 is 3.11. The third kappa shape index (κ3) is 5.01. The van der Waals surface area contributed by atoms with Crippen LogP contribution in [0.15, 0.2) is 51.9 Å². The average molecular weight is 504 g/mol. The van der Waals surface area contributed by atoms with Crippen LogP contribution in [-0.2, 0) is 11.3 Å². The number of nitrogens with zero attached hydrogens (tertiary/aromatic N) is 4. The normalized spacial score (nSPS) is 14.2. The van der Waals surface area contributed by atoms with E-state index in [1.54, 1.807) is 0 Å². The molecule has 1 amide bonds. The van der Waals surface area contributed by atoms with E-state index in [9.17, 15) is 4.79 Å². The first-order valence-electron chi connectivity index (χ1n) is 9.82. The number of carbonyl (C=O) groups is 1. The van der Waals surface area contributed by atoms with Gasteiger partial charge in [-0.05, 0) is 25.0 Å². The van der Waals surface area contributed by atoms with E-state index >= 15 is 0 Å². The number of amides is 1. The summed E-state index contributed by atoms with van der Waals surface area (Å²) in [5.74, 6) is 1.64.